The zero-order valence-electron chi connectivity index (χ0n) is 11.7. The van der Waals surface area contributed by atoms with Crippen molar-refractivity contribution >= 4 is 38.0 Å². The lowest BCUT2D eigenvalue weighted by molar-refractivity contribution is 0.180. The largest absolute Gasteiger partial charge is 0.474 e. The summed E-state index contributed by atoms with van der Waals surface area (Å²) in [7, 11) is 0. The Bertz CT molecular complexity index is 662. The van der Waals surface area contributed by atoms with Gasteiger partial charge < -0.3 is 15.2 Å². The van der Waals surface area contributed by atoms with Crippen molar-refractivity contribution in [3.8, 4) is 5.88 Å². The van der Waals surface area contributed by atoms with Crippen LogP contribution in [0.15, 0.2) is 45.5 Å². The Hall–Kier alpha value is -1.60. The fraction of sp³-hybridized carbons (Fsp3) is 0.200. The number of benzene rings is 1. The highest BCUT2D eigenvalue weighted by molar-refractivity contribution is 9.11. The summed E-state index contributed by atoms with van der Waals surface area (Å²) in [6.45, 7) is 2.12. The van der Waals surface area contributed by atoms with Crippen LogP contribution in [0.3, 0.4) is 0 Å². The quantitative estimate of drug-likeness (QED) is 0.743. The summed E-state index contributed by atoms with van der Waals surface area (Å²) in [5, 5.41) is 11.4. The smallest absolute Gasteiger partial charge is 0.405 e. The Morgan fingerprint density at radius 2 is 2.05 bits per heavy atom. The molecule has 1 amide bonds. The molecule has 22 heavy (non-hydrogen) atoms. The summed E-state index contributed by atoms with van der Waals surface area (Å²) < 4.78 is 7.15. The van der Waals surface area contributed by atoms with Gasteiger partial charge in [0, 0.05) is 10.7 Å². The standard InChI is InChI=1S/C15H14Br2N2O3/c1-9-2-4-10(5-3-9)13(19-15(20)21)8-22-14-12(17)6-11(16)7-18-14/h2-7,13,19H,8H2,1H3,(H,20,21)/t13-/m1/s1. The second-order valence-corrected chi connectivity index (χ2v) is 6.43. The highest BCUT2D eigenvalue weighted by Gasteiger charge is 2.16. The predicted molar refractivity (Wildman–Crippen MR) is 90.2 cm³/mol. The van der Waals surface area contributed by atoms with Crippen LogP contribution >= 0.6 is 31.9 Å². The van der Waals surface area contributed by atoms with Gasteiger partial charge in [-0.05, 0) is 50.4 Å². The number of aryl methyl sites for hydroxylation is 1. The molecule has 116 valence electrons. The van der Waals surface area contributed by atoms with Crippen molar-refractivity contribution in [1.29, 1.82) is 0 Å². The van der Waals surface area contributed by atoms with Gasteiger partial charge in [0.05, 0.1) is 10.5 Å². The number of carbonyl (C=O) groups is 1. The molecule has 0 spiro atoms. The first-order chi connectivity index (χ1) is 10.5. The maximum atomic E-state index is 11.0. The van der Waals surface area contributed by atoms with Crippen LogP contribution in [0.25, 0.3) is 0 Å². The summed E-state index contributed by atoms with van der Waals surface area (Å²) in [6.07, 6.45) is 0.517. The van der Waals surface area contributed by atoms with Gasteiger partial charge in [-0.15, -0.1) is 0 Å². The van der Waals surface area contributed by atoms with E-state index in [-0.39, 0.29) is 6.61 Å². The van der Waals surface area contributed by atoms with Gasteiger partial charge in [0.25, 0.3) is 0 Å². The zero-order valence-corrected chi connectivity index (χ0v) is 14.9. The number of nitrogens with one attached hydrogen (secondary N) is 1. The molecule has 0 bridgehead atoms. The molecule has 2 rings (SSSR count). The fourth-order valence-corrected chi connectivity index (χ4v) is 2.94. The lowest BCUT2D eigenvalue weighted by Gasteiger charge is -2.18. The molecule has 1 atom stereocenters. The molecule has 0 aliphatic heterocycles. The molecule has 1 heterocycles. The van der Waals surface area contributed by atoms with E-state index in [0.29, 0.717) is 10.4 Å². The van der Waals surface area contributed by atoms with Crippen LogP contribution in [0.2, 0.25) is 0 Å². The number of amides is 1. The summed E-state index contributed by atoms with van der Waals surface area (Å²) in [6, 6.07) is 8.95. The molecule has 0 aliphatic rings. The SMILES string of the molecule is Cc1ccc([C@@H](COc2ncc(Br)cc2Br)NC(=O)O)cc1. The van der Waals surface area contributed by atoms with E-state index in [1.54, 1.807) is 6.20 Å². The molecule has 0 aliphatic carbocycles. The van der Waals surface area contributed by atoms with Crippen LogP contribution < -0.4 is 10.1 Å². The minimum Gasteiger partial charge on any atom is -0.474 e. The van der Waals surface area contributed by atoms with Crippen LogP contribution in [0.1, 0.15) is 17.2 Å². The van der Waals surface area contributed by atoms with Gasteiger partial charge in [-0.25, -0.2) is 9.78 Å². The van der Waals surface area contributed by atoms with Crippen molar-refractivity contribution in [3.05, 3.63) is 56.6 Å². The molecule has 0 saturated heterocycles. The molecule has 2 aromatic rings. The molecule has 0 unspecified atom stereocenters. The Kier molecular flexibility index (Phi) is 5.79. The van der Waals surface area contributed by atoms with E-state index in [2.05, 4.69) is 42.2 Å². The normalized spacial score (nSPS) is 11.8. The number of hydrogen-bond acceptors (Lipinski definition) is 3. The van der Waals surface area contributed by atoms with Crippen molar-refractivity contribution in [2.45, 2.75) is 13.0 Å². The lowest BCUT2D eigenvalue weighted by Crippen LogP contribution is -2.31. The highest BCUT2D eigenvalue weighted by atomic mass is 79.9. The minimum atomic E-state index is -1.10. The van der Waals surface area contributed by atoms with Crippen LogP contribution in [0, 0.1) is 6.92 Å². The average molecular weight is 430 g/mol. The highest BCUT2D eigenvalue weighted by Crippen LogP contribution is 2.26. The number of rotatable bonds is 5. The molecule has 0 saturated carbocycles. The van der Waals surface area contributed by atoms with Gasteiger partial charge in [-0.1, -0.05) is 29.8 Å². The molecule has 5 nitrogen and oxygen atoms in total. The van der Waals surface area contributed by atoms with Gasteiger partial charge in [0.15, 0.2) is 0 Å². The minimum absolute atomic E-state index is 0.141. The number of carboxylic acid groups (broad SMARTS) is 1. The molecule has 0 fully saturated rings. The van der Waals surface area contributed by atoms with Crippen molar-refractivity contribution in [2.24, 2.45) is 0 Å². The van der Waals surface area contributed by atoms with Crippen molar-refractivity contribution in [3.63, 3.8) is 0 Å². The number of hydrogen-bond donors (Lipinski definition) is 2. The van der Waals surface area contributed by atoms with E-state index in [9.17, 15) is 4.79 Å². The third-order valence-corrected chi connectivity index (χ3v) is 3.94. The zero-order chi connectivity index (χ0) is 16.1. The monoisotopic (exact) mass is 428 g/mol. The molecule has 7 heteroatoms. The Morgan fingerprint density at radius 1 is 1.36 bits per heavy atom. The van der Waals surface area contributed by atoms with Crippen molar-refractivity contribution in [2.75, 3.05) is 6.61 Å². The topological polar surface area (TPSA) is 71.5 Å². The molecular formula is C15H14Br2N2O3. The molecule has 1 aromatic heterocycles. The average Bonchev–Trinajstić information content (AvgIpc) is 2.45. The van der Waals surface area contributed by atoms with Gasteiger partial charge in [-0.3, -0.25) is 0 Å². The van der Waals surface area contributed by atoms with Gasteiger partial charge in [0.2, 0.25) is 5.88 Å². The summed E-state index contributed by atoms with van der Waals surface area (Å²) >= 11 is 6.67. The third-order valence-electron chi connectivity index (χ3n) is 2.94. The van der Waals surface area contributed by atoms with Gasteiger partial charge >= 0.3 is 6.09 Å². The van der Waals surface area contributed by atoms with Gasteiger partial charge in [-0.2, -0.15) is 0 Å². The molecule has 0 radical (unpaired) electrons. The maximum absolute atomic E-state index is 11.0. The summed E-state index contributed by atoms with van der Waals surface area (Å²) in [4.78, 5) is 15.1. The second kappa shape index (κ2) is 7.60. The second-order valence-electron chi connectivity index (χ2n) is 4.66. The maximum Gasteiger partial charge on any atom is 0.405 e. The Morgan fingerprint density at radius 3 is 2.64 bits per heavy atom. The predicted octanol–water partition coefficient (Wildman–Crippen LogP) is 4.30. The van der Waals surface area contributed by atoms with E-state index in [4.69, 9.17) is 9.84 Å². The van der Waals surface area contributed by atoms with Gasteiger partial charge in [0.1, 0.15) is 6.61 Å². The van der Waals surface area contributed by atoms with Crippen molar-refractivity contribution in [1.82, 2.24) is 10.3 Å². The number of aromatic nitrogens is 1. The molecular weight excluding hydrogens is 416 g/mol. The summed E-state index contributed by atoms with van der Waals surface area (Å²) in [5.74, 6) is 0.410. The number of pyridine rings is 1. The van der Waals surface area contributed by atoms with E-state index in [1.165, 1.54) is 0 Å². The Labute approximate surface area is 145 Å². The van der Waals surface area contributed by atoms with E-state index in [1.807, 2.05) is 37.3 Å². The van der Waals surface area contributed by atoms with Crippen molar-refractivity contribution < 1.29 is 14.6 Å². The molecule has 1 aromatic carbocycles. The number of halogens is 2. The number of ether oxygens (including phenoxy) is 1. The van der Waals surface area contributed by atoms with Crippen LogP contribution in [-0.2, 0) is 0 Å². The van der Waals surface area contributed by atoms with Crippen LogP contribution in [0.5, 0.6) is 5.88 Å². The van der Waals surface area contributed by atoms with Crippen LogP contribution in [-0.4, -0.2) is 22.8 Å². The first kappa shape index (κ1) is 16.8. The van der Waals surface area contributed by atoms with E-state index in [0.717, 1.165) is 15.6 Å². The first-order valence-corrected chi connectivity index (χ1v) is 8.04. The van der Waals surface area contributed by atoms with E-state index < -0.39 is 12.1 Å². The fourth-order valence-electron chi connectivity index (χ4n) is 1.84. The van der Waals surface area contributed by atoms with Crippen LogP contribution in [0.4, 0.5) is 4.79 Å². The summed E-state index contributed by atoms with van der Waals surface area (Å²) in [5.41, 5.74) is 1.94. The first-order valence-electron chi connectivity index (χ1n) is 6.45. The Balaban J connectivity index is 2.13. The molecule has 2 N–H and O–H groups in total. The third kappa shape index (κ3) is 4.71. The van der Waals surface area contributed by atoms with E-state index >= 15 is 0 Å². The lowest BCUT2D eigenvalue weighted by atomic mass is 10.1. The number of nitrogens with zero attached hydrogens (tertiary/aromatic N) is 1.